The van der Waals surface area contributed by atoms with Crippen LogP contribution < -0.4 is 5.32 Å². The fourth-order valence-corrected chi connectivity index (χ4v) is 2.69. The zero-order chi connectivity index (χ0) is 15.6. The van der Waals surface area contributed by atoms with Gasteiger partial charge in [-0.2, -0.15) is 5.10 Å². The van der Waals surface area contributed by atoms with Gasteiger partial charge in [0.1, 0.15) is 17.8 Å². The van der Waals surface area contributed by atoms with Crippen LogP contribution in [0.5, 0.6) is 0 Å². The summed E-state index contributed by atoms with van der Waals surface area (Å²) in [5, 5.41) is 9.74. The van der Waals surface area contributed by atoms with Crippen molar-refractivity contribution in [3.05, 3.63) is 28.2 Å². The predicted molar refractivity (Wildman–Crippen MR) is 82.4 cm³/mol. The van der Waals surface area contributed by atoms with Crippen LogP contribution in [0.3, 0.4) is 0 Å². The van der Waals surface area contributed by atoms with Gasteiger partial charge in [-0.05, 0) is 13.8 Å². The van der Waals surface area contributed by atoms with Gasteiger partial charge in [-0.25, -0.2) is 14.6 Å². The number of thiazole rings is 1. The molecule has 0 atom stereocenters. The van der Waals surface area contributed by atoms with Crippen LogP contribution in [0.1, 0.15) is 62.0 Å². The Bertz CT molecular complexity index is 623. The van der Waals surface area contributed by atoms with Gasteiger partial charge in [-0.3, -0.25) is 4.79 Å². The van der Waals surface area contributed by atoms with Crippen LogP contribution in [-0.4, -0.2) is 25.7 Å². The van der Waals surface area contributed by atoms with E-state index in [-0.39, 0.29) is 17.4 Å². The van der Waals surface area contributed by atoms with Crippen LogP contribution >= 0.6 is 11.3 Å². The van der Waals surface area contributed by atoms with Crippen molar-refractivity contribution in [3.63, 3.8) is 0 Å². The molecule has 21 heavy (non-hydrogen) atoms. The molecule has 2 rings (SSSR count). The SMILES string of the molecule is CC(C)n1ncnc1CNC(=O)c1csc(C(C)(C)C)n1. The first kappa shape index (κ1) is 15.6. The molecular formula is C14H21N5OS. The first-order valence-corrected chi connectivity index (χ1v) is 7.79. The van der Waals surface area contributed by atoms with Gasteiger partial charge in [0.25, 0.3) is 5.91 Å². The molecule has 0 aliphatic carbocycles. The largest absolute Gasteiger partial charge is 0.343 e. The molecule has 114 valence electrons. The van der Waals surface area contributed by atoms with Crippen molar-refractivity contribution in [1.82, 2.24) is 25.1 Å². The summed E-state index contributed by atoms with van der Waals surface area (Å²) in [5.41, 5.74) is 0.418. The summed E-state index contributed by atoms with van der Waals surface area (Å²) >= 11 is 1.51. The average Bonchev–Trinajstić information content (AvgIpc) is 3.03. The third-order valence-corrected chi connectivity index (χ3v) is 4.19. The Kier molecular flexibility index (Phi) is 4.41. The lowest BCUT2D eigenvalue weighted by Gasteiger charge is -2.13. The Morgan fingerprint density at radius 2 is 2.14 bits per heavy atom. The van der Waals surface area contributed by atoms with Gasteiger partial charge in [0.15, 0.2) is 0 Å². The molecule has 0 spiro atoms. The van der Waals surface area contributed by atoms with Crippen molar-refractivity contribution >= 4 is 17.2 Å². The number of hydrogen-bond acceptors (Lipinski definition) is 5. The molecule has 7 heteroatoms. The summed E-state index contributed by atoms with van der Waals surface area (Å²) in [6.45, 7) is 10.6. The molecule has 0 saturated carbocycles. The summed E-state index contributed by atoms with van der Waals surface area (Å²) in [7, 11) is 0. The quantitative estimate of drug-likeness (QED) is 0.942. The standard InChI is InChI=1S/C14H21N5OS/c1-9(2)19-11(16-8-17-19)6-15-12(20)10-7-21-13(18-10)14(3,4)5/h7-9H,6H2,1-5H3,(H,15,20). The topological polar surface area (TPSA) is 72.7 Å². The molecule has 0 aliphatic rings. The van der Waals surface area contributed by atoms with E-state index in [1.165, 1.54) is 17.7 Å². The summed E-state index contributed by atoms with van der Waals surface area (Å²) in [5.74, 6) is 0.560. The van der Waals surface area contributed by atoms with E-state index in [1.807, 2.05) is 13.8 Å². The van der Waals surface area contributed by atoms with Crippen molar-refractivity contribution in [3.8, 4) is 0 Å². The molecule has 0 bridgehead atoms. The number of carbonyl (C=O) groups excluding carboxylic acids is 1. The van der Waals surface area contributed by atoms with Gasteiger partial charge in [0.2, 0.25) is 0 Å². The zero-order valence-electron chi connectivity index (χ0n) is 13.0. The Hall–Kier alpha value is -1.76. The molecule has 1 amide bonds. The van der Waals surface area contributed by atoms with Crippen LogP contribution in [-0.2, 0) is 12.0 Å². The van der Waals surface area contributed by atoms with Crippen LogP contribution in [0.4, 0.5) is 0 Å². The van der Waals surface area contributed by atoms with Crippen LogP contribution in [0.25, 0.3) is 0 Å². The number of aromatic nitrogens is 4. The average molecular weight is 307 g/mol. The van der Waals surface area contributed by atoms with Gasteiger partial charge in [0.05, 0.1) is 11.6 Å². The minimum absolute atomic E-state index is 0.0407. The normalized spacial score (nSPS) is 11.9. The molecule has 2 aromatic heterocycles. The minimum atomic E-state index is -0.181. The van der Waals surface area contributed by atoms with Gasteiger partial charge in [0, 0.05) is 16.8 Å². The fourth-order valence-electron chi connectivity index (χ4n) is 1.80. The maximum atomic E-state index is 12.1. The van der Waals surface area contributed by atoms with Gasteiger partial charge in [-0.15, -0.1) is 11.3 Å². The number of nitrogens with zero attached hydrogens (tertiary/aromatic N) is 4. The maximum Gasteiger partial charge on any atom is 0.271 e. The van der Waals surface area contributed by atoms with E-state index in [2.05, 4.69) is 41.2 Å². The molecule has 2 heterocycles. The highest BCUT2D eigenvalue weighted by Gasteiger charge is 2.20. The summed E-state index contributed by atoms with van der Waals surface area (Å²) in [4.78, 5) is 20.7. The lowest BCUT2D eigenvalue weighted by Crippen LogP contribution is -2.26. The van der Waals surface area contributed by atoms with E-state index in [1.54, 1.807) is 10.1 Å². The second-order valence-corrected chi connectivity index (χ2v) is 7.04. The van der Waals surface area contributed by atoms with E-state index < -0.39 is 0 Å². The number of nitrogens with one attached hydrogen (secondary N) is 1. The summed E-state index contributed by atoms with van der Waals surface area (Å²) < 4.78 is 1.79. The van der Waals surface area contributed by atoms with E-state index >= 15 is 0 Å². The van der Waals surface area contributed by atoms with Crippen molar-refractivity contribution in [2.45, 2.75) is 52.6 Å². The summed E-state index contributed by atoms with van der Waals surface area (Å²) in [6, 6.07) is 0.214. The highest BCUT2D eigenvalue weighted by Crippen LogP contribution is 2.25. The van der Waals surface area contributed by atoms with Gasteiger partial charge >= 0.3 is 0 Å². The molecule has 0 unspecified atom stereocenters. The van der Waals surface area contributed by atoms with Gasteiger partial charge in [-0.1, -0.05) is 20.8 Å². The van der Waals surface area contributed by atoms with Crippen molar-refractivity contribution < 1.29 is 4.79 Å². The van der Waals surface area contributed by atoms with Crippen LogP contribution in [0.15, 0.2) is 11.7 Å². The highest BCUT2D eigenvalue weighted by atomic mass is 32.1. The molecule has 0 fully saturated rings. The molecule has 2 aromatic rings. The van der Waals surface area contributed by atoms with Crippen LogP contribution in [0, 0.1) is 0 Å². The Morgan fingerprint density at radius 3 is 2.71 bits per heavy atom. The van der Waals surface area contributed by atoms with Gasteiger partial charge < -0.3 is 5.32 Å². The molecule has 0 aliphatic heterocycles. The zero-order valence-corrected chi connectivity index (χ0v) is 13.9. The predicted octanol–water partition coefficient (Wildman–Crippen LogP) is 2.54. The third-order valence-electron chi connectivity index (χ3n) is 2.92. The van der Waals surface area contributed by atoms with E-state index in [0.717, 1.165) is 10.8 Å². The lowest BCUT2D eigenvalue weighted by atomic mass is 9.98. The number of amides is 1. The fraction of sp³-hybridized carbons (Fsp3) is 0.571. The van der Waals surface area contributed by atoms with E-state index in [0.29, 0.717) is 12.2 Å². The van der Waals surface area contributed by atoms with Crippen molar-refractivity contribution in [2.24, 2.45) is 0 Å². The van der Waals surface area contributed by atoms with Crippen molar-refractivity contribution in [2.75, 3.05) is 0 Å². The molecule has 0 radical (unpaired) electrons. The molecule has 6 nitrogen and oxygen atoms in total. The first-order chi connectivity index (χ1) is 9.79. The molecule has 1 N–H and O–H groups in total. The highest BCUT2D eigenvalue weighted by molar-refractivity contribution is 7.10. The Balaban J connectivity index is 2.02. The smallest absolute Gasteiger partial charge is 0.271 e. The maximum absolute atomic E-state index is 12.1. The minimum Gasteiger partial charge on any atom is -0.343 e. The third kappa shape index (κ3) is 3.66. The molecule has 0 saturated heterocycles. The molecule has 0 aromatic carbocycles. The van der Waals surface area contributed by atoms with E-state index in [4.69, 9.17) is 0 Å². The Morgan fingerprint density at radius 1 is 1.43 bits per heavy atom. The van der Waals surface area contributed by atoms with Crippen LogP contribution in [0.2, 0.25) is 0 Å². The number of rotatable bonds is 4. The first-order valence-electron chi connectivity index (χ1n) is 6.91. The Labute approximate surface area is 128 Å². The second-order valence-electron chi connectivity index (χ2n) is 6.19. The summed E-state index contributed by atoms with van der Waals surface area (Å²) in [6.07, 6.45) is 1.50. The lowest BCUT2D eigenvalue weighted by molar-refractivity contribution is 0.0944. The van der Waals surface area contributed by atoms with E-state index in [9.17, 15) is 4.79 Å². The molecular weight excluding hydrogens is 286 g/mol. The second kappa shape index (κ2) is 5.93. The number of hydrogen-bond donors (Lipinski definition) is 1. The van der Waals surface area contributed by atoms with Crippen molar-refractivity contribution in [1.29, 1.82) is 0 Å². The number of carbonyl (C=O) groups is 1. The monoisotopic (exact) mass is 307 g/mol.